The predicted molar refractivity (Wildman–Crippen MR) is 39.2 cm³/mol. The van der Waals surface area contributed by atoms with Crippen molar-refractivity contribution in [2.45, 2.75) is 18.9 Å². The number of rotatable bonds is 1. The fourth-order valence-electron chi connectivity index (χ4n) is 1.25. The van der Waals surface area contributed by atoms with E-state index >= 15 is 0 Å². The van der Waals surface area contributed by atoms with Crippen LogP contribution in [0.1, 0.15) is 12.8 Å². The molecule has 1 aliphatic heterocycles. The Kier molecular flexibility index (Phi) is 2.84. The van der Waals surface area contributed by atoms with Gasteiger partial charge >= 0.3 is 5.97 Å². The van der Waals surface area contributed by atoms with Gasteiger partial charge in [0.15, 0.2) is 0 Å². The lowest BCUT2D eigenvalue weighted by Gasteiger charge is -2.14. The molecule has 0 saturated carbocycles. The van der Waals surface area contributed by atoms with E-state index in [-0.39, 0.29) is 6.04 Å². The van der Waals surface area contributed by atoms with Crippen LogP contribution in [0.25, 0.3) is 0 Å². The minimum atomic E-state index is -0.803. The molecule has 64 valence electrons. The Balaban J connectivity index is 2.52. The lowest BCUT2D eigenvalue weighted by Crippen LogP contribution is -2.35. The molecule has 11 heavy (non-hydrogen) atoms. The van der Waals surface area contributed by atoms with Crippen LogP contribution < -0.4 is 5.73 Å². The van der Waals surface area contributed by atoms with Gasteiger partial charge in [-0.15, -0.1) is 0 Å². The second kappa shape index (κ2) is 3.69. The highest BCUT2D eigenvalue weighted by Gasteiger charge is 2.26. The first kappa shape index (κ1) is 8.49. The van der Waals surface area contributed by atoms with E-state index in [0.717, 1.165) is 0 Å². The summed E-state index contributed by atoms with van der Waals surface area (Å²) < 4.78 is 5.10. The molecule has 1 saturated heterocycles. The monoisotopic (exact) mass is 159 g/mol. The number of ether oxygens (including phenoxy) is 1. The number of carboxylic acid groups (broad SMARTS) is 1. The summed E-state index contributed by atoms with van der Waals surface area (Å²) in [5.74, 6) is -1.22. The lowest BCUT2D eigenvalue weighted by atomic mass is 9.96. The maximum atomic E-state index is 10.6. The molecule has 2 atom stereocenters. The van der Waals surface area contributed by atoms with E-state index < -0.39 is 11.9 Å². The van der Waals surface area contributed by atoms with E-state index in [1.165, 1.54) is 0 Å². The molecule has 0 amide bonds. The summed E-state index contributed by atoms with van der Waals surface area (Å²) in [5.41, 5.74) is 5.62. The Morgan fingerprint density at radius 3 is 2.73 bits per heavy atom. The van der Waals surface area contributed by atoms with Crippen molar-refractivity contribution in [3.05, 3.63) is 0 Å². The summed E-state index contributed by atoms with van der Waals surface area (Å²) in [6, 6.07) is -0.241. The van der Waals surface area contributed by atoms with Crippen molar-refractivity contribution >= 4 is 5.97 Å². The molecule has 0 bridgehead atoms. The van der Waals surface area contributed by atoms with Crippen LogP contribution in [0.15, 0.2) is 0 Å². The van der Waals surface area contributed by atoms with E-state index in [1.54, 1.807) is 0 Å². The van der Waals surface area contributed by atoms with Gasteiger partial charge < -0.3 is 15.6 Å². The SMILES string of the molecule is N[C@H]1CCOCC[C@@H]1C(=O)O. The Hall–Kier alpha value is -0.610. The Bertz CT molecular complexity index is 149. The first-order valence-electron chi connectivity index (χ1n) is 3.78. The molecule has 0 aliphatic carbocycles. The quantitative estimate of drug-likeness (QED) is 0.557. The maximum Gasteiger partial charge on any atom is 0.308 e. The first-order chi connectivity index (χ1) is 5.22. The number of hydrogen-bond donors (Lipinski definition) is 2. The van der Waals surface area contributed by atoms with Crippen LogP contribution in [0.4, 0.5) is 0 Å². The lowest BCUT2D eigenvalue weighted by molar-refractivity contribution is -0.142. The summed E-state index contributed by atoms with van der Waals surface area (Å²) in [5, 5.41) is 8.70. The molecule has 0 unspecified atom stereocenters. The zero-order chi connectivity index (χ0) is 8.27. The molecule has 1 rings (SSSR count). The van der Waals surface area contributed by atoms with Crippen molar-refractivity contribution in [2.24, 2.45) is 11.7 Å². The van der Waals surface area contributed by atoms with E-state index in [1.807, 2.05) is 0 Å². The van der Waals surface area contributed by atoms with Gasteiger partial charge in [-0.2, -0.15) is 0 Å². The van der Waals surface area contributed by atoms with Gasteiger partial charge in [-0.1, -0.05) is 0 Å². The predicted octanol–water partition coefficient (Wildman–Crippen LogP) is -0.175. The standard InChI is InChI=1S/C7H13NO3/c8-6-2-4-11-3-1-5(6)7(9)10/h5-6H,1-4,8H2,(H,9,10)/t5-,6-/m0/s1. The molecule has 0 aromatic rings. The molecule has 0 spiro atoms. The highest BCUT2D eigenvalue weighted by atomic mass is 16.5. The smallest absolute Gasteiger partial charge is 0.308 e. The topological polar surface area (TPSA) is 72.5 Å². The number of carbonyl (C=O) groups is 1. The fourth-order valence-corrected chi connectivity index (χ4v) is 1.25. The molecular formula is C7H13NO3. The van der Waals surface area contributed by atoms with Gasteiger partial charge in [-0.05, 0) is 12.8 Å². The Labute approximate surface area is 65.3 Å². The number of hydrogen-bond acceptors (Lipinski definition) is 3. The van der Waals surface area contributed by atoms with Crippen LogP contribution in [0, 0.1) is 5.92 Å². The summed E-state index contributed by atoms with van der Waals surface area (Å²) in [4.78, 5) is 10.6. The van der Waals surface area contributed by atoms with Crippen LogP contribution in [0.2, 0.25) is 0 Å². The van der Waals surface area contributed by atoms with Crippen LogP contribution >= 0.6 is 0 Å². The van der Waals surface area contributed by atoms with E-state index in [9.17, 15) is 4.79 Å². The average molecular weight is 159 g/mol. The summed E-state index contributed by atoms with van der Waals surface area (Å²) in [6.07, 6.45) is 1.19. The fraction of sp³-hybridized carbons (Fsp3) is 0.857. The molecule has 0 aromatic carbocycles. The zero-order valence-electron chi connectivity index (χ0n) is 6.32. The first-order valence-corrected chi connectivity index (χ1v) is 3.78. The van der Waals surface area contributed by atoms with Crippen LogP contribution in [-0.2, 0) is 9.53 Å². The Morgan fingerprint density at radius 2 is 2.09 bits per heavy atom. The van der Waals surface area contributed by atoms with Crippen molar-refractivity contribution in [2.75, 3.05) is 13.2 Å². The minimum absolute atomic E-state index is 0.241. The number of nitrogens with two attached hydrogens (primary N) is 1. The van der Waals surface area contributed by atoms with Crippen molar-refractivity contribution in [1.29, 1.82) is 0 Å². The van der Waals surface area contributed by atoms with Gasteiger partial charge in [0.2, 0.25) is 0 Å². The normalized spacial score (nSPS) is 32.8. The highest BCUT2D eigenvalue weighted by Crippen LogP contribution is 2.14. The second-order valence-corrected chi connectivity index (χ2v) is 2.80. The van der Waals surface area contributed by atoms with Crippen LogP contribution in [0.3, 0.4) is 0 Å². The molecule has 1 fully saturated rings. The largest absolute Gasteiger partial charge is 0.481 e. The molecule has 1 aliphatic rings. The van der Waals surface area contributed by atoms with Gasteiger partial charge in [0.1, 0.15) is 0 Å². The highest BCUT2D eigenvalue weighted by molar-refractivity contribution is 5.70. The Morgan fingerprint density at radius 1 is 1.45 bits per heavy atom. The minimum Gasteiger partial charge on any atom is -0.481 e. The molecule has 1 heterocycles. The van der Waals surface area contributed by atoms with Gasteiger partial charge in [-0.25, -0.2) is 0 Å². The summed E-state index contributed by atoms with van der Waals surface area (Å²) in [7, 11) is 0. The van der Waals surface area contributed by atoms with E-state index in [4.69, 9.17) is 15.6 Å². The van der Waals surface area contributed by atoms with E-state index in [0.29, 0.717) is 26.1 Å². The molecular weight excluding hydrogens is 146 g/mol. The second-order valence-electron chi connectivity index (χ2n) is 2.80. The van der Waals surface area contributed by atoms with Crippen molar-refractivity contribution < 1.29 is 14.6 Å². The van der Waals surface area contributed by atoms with E-state index in [2.05, 4.69) is 0 Å². The zero-order valence-corrected chi connectivity index (χ0v) is 6.32. The number of carboxylic acids is 1. The third kappa shape index (κ3) is 2.17. The van der Waals surface area contributed by atoms with Gasteiger partial charge in [-0.3, -0.25) is 4.79 Å². The van der Waals surface area contributed by atoms with Crippen LogP contribution in [0.5, 0.6) is 0 Å². The molecule has 4 heteroatoms. The van der Waals surface area contributed by atoms with Crippen molar-refractivity contribution in [1.82, 2.24) is 0 Å². The third-order valence-electron chi connectivity index (χ3n) is 2.00. The van der Waals surface area contributed by atoms with Crippen molar-refractivity contribution in [3.8, 4) is 0 Å². The molecule has 0 aromatic heterocycles. The van der Waals surface area contributed by atoms with Crippen LogP contribution in [-0.4, -0.2) is 30.3 Å². The average Bonchev–Trinajstić information content (AvgIpc) is 2.13. The molecule has 0 radical (unpaired) electrons. The molecule has 4 nitrogen and oxygen atoms in total. The van der Waals surface area contributed by atoms with Crippen molar-refractivity contribution in [3.63, 3.8) is 0 Å². The maximum absolute atomic E-state index is 10.6. The summed E-state index contributed by atoms with van der Waals surface area (Å²) in [6.45, 7) is 1.11. The van der Waals surface area contributed by atoms with Gasteiger partial charge in [0, 0.05) is 19.3 Å². The van der Waals surface area contributed by atoms with Gasteiger partial charge in [0.25, 0.3) is 0 Å². The third-order valence-corrected chi connectivity index (χ3v) is 2.00. The number of aliphatic carboxylic acids is 1. The van der Waals surface area contributed by atoms with Gasteiger partial charge in [0.05, 0.1) is 5.92 Å². The molecule has 3 N–H and O–H groups in total. The summed E-state index contributed by atoms with van der Waals surface area (Å²) >= 11 is 0.